The van der Waals surface area contributed by atoms with Crippen molar-refractivity contribution in [3.63, 3.8) is 0 Å². The number of aromatic nitrogens is 2. The normalized spacial score (nSPS) is 25.1. The molecule has 0 saturated heterocycles. The number of aliphatic hydroxyl groups excluding tert-OH is 4. The van der Waals surface area contributed by atoms with Crippen molar-refractivity contribution < 1.29 is 29.9 Å². The average Bonchev–Trinajstić information content (AvgIpc) is 3.24. The monoisotopic (exact) mass is 407 g/mol. The Balaban J connectivity index is 1.87. The van der Waals surface area contributed by atoms with Crippen molar-refractivity contribution >= 4 is 5.69 Å². The summed E-state index contributed by atoms with van der Waals surface area (Å²) in [5.41, 5.74) is 0.794. The number of aromatic amines is 1. The first kappa shape index (κ1) is 21.5. The zero-order valence-corrected chi connectivity index (χ0v) is 16.2. The second-order valence-corrected chi connectivity index (χ2v) is 7.11. The van der Waals surface area contributed by atoms with Crippen LogP contribution in [0.3, 0.4) is 0 Å². The van der Waals surface area contributed by atoms with E-state index in [9.17, 15) is 20.4 Å². The largest absolute Gasteiger partial charge is 0.494 e. The Bertz CT molecular complexity index is 729. The van der Waals surface area contributed by atoms with E-state index in [2.05, 4.69) is 9.97 Å². The van der Waals surface area contributed by atoms with Gasteiger partial charge in [-0.3, -0.25) is 0 Å². The molecular weight excluding hydrogens is 378 g/mol. The Hall–Kier alpha value is -2.17. The van der Waals surface area contributed by atoms with Gasteiger partial charge in [0.25, 0.3) is 0 Å². The number of nitrogens with zero attached hydrogens (tertiary/aromatic N) is 2. The maximum absolute atomic E-state index is 10.7. The fourth-order valence-electron chi connectivity index (χ4n) is 3.30. The van der Waals surface area contributed by atoms with Crippen LogP contribution in [0.4, 0.5) is 5.69 Å². The highest BCUT2D eigenvalue weighted by molar-refractivity contribution is 5.51. The van der Waals surface area contributed by atoms with Gasteiger partial charge in [0, 0.05) is 37.3 Å². The van der Waals surface area contributed by atoms with Gasteiger partial charge >= 0.3 is 0 Å². The zero-order valence-electron chi connectivity index (χ0n) is 16.2. The van der Waals surface area contributed by atoms with E-state index in [4.69, 9.17) is 9.47 Å². The fourth-order valence-corrected chi connectivity index (χ4v) is 3.30. The van der Waals surface area contributed by atoms with Crippen LogP contribution in [-0.2, 0) is 11.3 Å². The first-order chi connectivity index (χ1) is 14.1. The third-order valence-corrected chi connectivity index (χ3v) is 4.90. The molecule has 0 aliphatic carbocycles. The molecule has 9 heteroatoms. The number of aliphatic hydroxyl groups is 4. The molecule has 1 aliphatic heterocycles. The van der Waals surface area contributed by atoms with E-state index in [1.807, 2.05) is 29.2 Å². The van der Waals surface area contributed by atoms with Gasteiger partial charge in [-0.2, -0.15) is 0 Å². The number of hydrogen-bond acceptors (Lipinski definition) is 8. The number of nitrogens with one attached hydrogen (secondary N) is 1. The van der Waals surface area contributed by atoms with Gasteiger partial charge in [0.2, 0.25) is 0 Å². The van der Waals surface area contributed by atoms with Crippen molar-refractivity contribution in [2.45, 2.75) is 43.8 Å². The summed E-state index contributed by atoms with van der Waals surface area (Å²) in [6.07, 6.45) is -0.274. The Morgan fingerprint density at radius 2 is 2.07 bits per heavy atom. The molecule has 4 atom stereocenters. The van der Waals surface area contributed by atoms with Gasteiger partial charge in [-0.05, 0) is 25.0 Å². The summed E-state index contributed by atoms with van der Waals surface area (Å²) in [5, 5.41) is 40.7. The molecule has 0 saturated carbocycles. The molecule has 5 N–H and O–H groups in total. The molecule has 0 unspecified atom stereocenters. The smallest absolute Gasteiger partial charge is 0.125 e. The van der Waals surface area contributed by atoms with Gasteiger partial charge in [-0.25, -0.2) is 4.98 Å². The zero-order chi connectivity index (χ0) is 20.6. The van der Waals surface area contributed by atoms with Crippen LogP contribution in [0.5, 0.6) is 5.75 Å². The summed E-state index contributed by atoms with van der Waals surface area (Å²) < 4.78 is 11.4. The van der Waals surface area contributed by atoms with Crippen LogP contribution in [0, 0.1) is 0 Å². The topological polar surface area (TPSA) is 131 Å². The molecule has 0 amide bonds. The summed E-state index contributed by atoms with van der Waals surface area (Å²) in [7, 11) is 0. The van der Waals surface area contributed by atoms with E-state index in [0.29, 0.717) is 31.1 Å². The number of β-amino-alcohol motifs (C(OH)–C–C–N with tert-alkyl or cyclic N) is 1. The summed E-state index contributed by atoms with van der Waals surface area (Å²) in [5.74, 6) is 1.41. The van der Waals surface area contributed by atoms with E-state index < -0.39 is 31.0 Å². The molecule has 2 heterocycles. The van der Waals surface area contributed by atoms with Crippen molar-refractivity contribution in [2.24, 2.45) is 0 Å². The molecular formula is C20H29N3O6. The third kappa shape index (κ3) is 5.91. The SMILES string of the molecule is OC[C@@H](O)[C@H]1OCCCCOc2cccc(c2)N(Cc2ncc[nH]2)C[C@@H](O)[C@H]1O. The standard InChI is InChI=1S/C20H29N3O6/c24-13-17(26)20-19(27)16(25)11-23(12-18-21-6-7-22-18)14-4-3-5-15(10-14)28-8-1-2-9-29-20/h3-7,10,16-17,19-20,24-27H,1-2,8-9,11-13H2,(H,21,22)/t16-,17-,19-,20-/m1/s1. The van der Waals surface area contributed by atoms with Gasteiger partial charge in [0.1, 0.15) is 29.9 Å². The molecule has 1 aliphatic rings. The first-order valence-corrected chi connectivity index (χ1v) is 9.81. The average molecular weight is 407 g/mol. The summed E-state index contributed by atoms with van der Waals surface area (Å²) in [4.78, 5) is 9.13. The third-order valence-electron chi connectivity index (χ3n) is 4.90. The number of benzene rings is 1. The molecule has 0 radical (unpaired) electrons. The van der Waals surface area contributed by atoms with Crippen LogP contribution < -0.4 is 9.64 Å². The Labute approximate surface area is 169 Å². The summed E-state index contributed by atoms with van der Waals surface area (Å²) >= 11 is 0. The van der Waals surface area contributed by atoms with E-state index in [1.54, 1.807) is 12.4 Å². The van der Waals surface area contributed by atoms with Crippen molar-refractivity contribution in [3.8, 4) is 5.75 Å². The van der Waals surface area contributed by atoms with Crippen LogP contribution in [-0.4, -0.2) is 81.2 Å². The van der Waals surface area contributed by atoms with Gasteiger partial charge in [0.15, 0.2) is 0 Å². The lowest BCUT2D eigenvalue weighted by Crippen LogP contribution is -2.51. The second-order valence-electron chi connectivity index (χ2n) is 7.11. The molecule has 2 aromatic rings. The minimum absolute atomic E-state index is 0.0589. The van der Waals surface area contributed by atoms with E-state index in [0.717, 1.165) is 12.1 Å². The molecule has 29 heavy (non-hydrogen) atoms. The minimum atomic E-state index is -1.38. The molecule has 3 rings (SSSR count). The van der Waals surface area contributed by atoms with E-state index in [-0.39, 0.29) is 13.2 Å². The molecule has 2 bridgehead atoms. The fraction of sp³-hybridized carbons (Fsp3) is 0.550. The van der Waals surface area contributed by atoms with Crippen LogP contribution in [0.2, 0.25) is 0 Å². The van der Waals surface area contributed by atoms with Crippen LogP contribution >= 0.6 is 0 Å². The van der Waals surface area contributed by atoms with Crippen molar-refractivity contribution in [2.75, 3.05) is 31.3 Å². The summed E-state index contributed by atoms with van der Waals surface area (Å²) in [6, 6.07) is 7.51. The second kappa shape index (κ2) is 10.6. The number of ether oxygens (including phenoxy) is 2. The highest BCUT2D eigenvalue weighted by atomic mass is 16.5. The van der Waals surface area contributed by atoms with Gasteiger partial charge in [0.05, 0.1) is 25.9 Å². The van der Waals surface area contributed by atoms with Gasteiger partial charge < -0.3 is 39.8 Å². The number of hydrogen-bond donors (Lipinski definition) is 5. The minimum Gasteiger partial charge on any atom is -0.494 e. The van der Waals surface area contributed by atoms with Crippen LogP contribution in [0.1, 0.15) is 18.7 Å². The molecule has 1 aromatic heterocycles. The lowest BCUT2D eigenvalue weighted by molar-refractivity contribution is -0.141. The Kier molecular flexibility index (Phi) is 7.84. The highest BCUT2D eigenvalue weighted by Crippen LogP contribution is 2.24. The Morgan fingerprint density at radius 3 is 2.83 bits per heavy atom. The molecule has 160 valence electrons. The quantitative estimate of drug-likeness (QED) is 0.480. The maximum Gasteiger partial charge on any atom is 0.125 e. The molecule has 9 nitrogen and oxygen atoms in total. The number of fused-ring (bicyclic) bond motifs is 2. The molecule has 1 aromatic carbocycles. The van der Waals surface area contributed by atoms with Crippen molar-refractivity contribution in [3.05, 3.63) is 42.5 Å². The van der Waals surface area contributed by atoms with Crippen molar-refractivity contribution in [1.82, 2.24) is 9.97 Å². The maximum atomic E-state index is 10.7. The first-order valence-electron chi connectivity index (χ1n) is 9.81. The molecule has 0 spiro atoms. The lowest BCUT2D eigenvalue weighted by atomic mass is 10.0. The van der Waals surface area contributed by atoms with Gasteiger partial charge in [-0.1, -0.05) is 6.07 Å². The number of imidazole rings is 1. The van der Waals surface area contributed by atoms with Crippen LogP contribution in [0.15, 0.2) is 36.7 Å². The van der Waals surface area contributed by atoms with E-state index >= 15 is 0 Å². The number of rotatable bonds is 4. The number of anilines is 1. The summed E-state index contributed by atoms with van der Waals surface area (Å²) in [6.45, 7) is 0.627. The number of H-pyrrole nitrogens is 1. The lowest BCUT2D eigenvalue weighted by Gasteiger charge is -2.33. The van der Waals surface area contributed by atoms with Crippen molar-refractivity contribution in [1.29, 1.82) is 0 Å². The molecule has 0 fully saturated rings. The van der Waals surface area contributed by atoms with Crippen LogP contribution in [0.25, 0.3) is 0 Å². The highest BCUT2D eigenvalue weighted by Gasteiger charge is 2.34. The predicted octanol–water partition coefficient (Wildman–Crippen LogP) is 0.0491. The Morgan fingerprint density at radius 1 is 1.24 bits per heavy atom. The predicted molar refractivity (Wildman–Crippen MR) is 106 cm³/mol. The van der Waals surface area contributed by atoms with E-state index in [1.165, 1.54) is 0 Å². The van der Waals surface area contributed by atoms with Gasteiger partial charge in [-0.15, -0.1) is 0 Å².